The van der Waals surface area contributed by atoms with Crippen molar-refractivity contribution in [2.75, 3.05) is 44.1 Å². The number of aromatic hydroxyl groups is 1. The summed E-state index contributed by atoms with van der Waals surface area (Å²) in [5.74, 6) is -0.341. The molecular weight excluding hydrogens is 810 g/mol. The second kappa shape index (κ2) is 21.3. The first kappa shape index (κ1) is 46.2. The first-order valence-electron chi connectivity index (χ1n) is 14.7. The number of hydrogen-bond acceptors (Lipinski definition) is 19. The van der Waals surface area contributed by atoms with Crippen molar-refractivity contribution >= 4 is 96.9 Å². The zero-order valence-corrected chi connectivity index (χ0v) is 36.5. The Labute approximate surface area is 367 Å². The van der Waals surface area contributed by atoms with Gasteiger partial charge in [-0.3, -0.25) is 18.7 Å². The van der Waals surface area contributed by atoms with Gasteiger partial charge in [-0.1, -0.05) is 6.07 Å². The van der Waals surface area contributed by atoms with Crippen LogP contribution in [0.1, 0.15) is 0 Å². The van der Waals surface area contributed by atoms with Gasteiger partial charge in [-0.15, -0.1) is 9.45 Å². The molecule has 0 radical (unpaired) electrons. The van der Waals surface area contributed by atoms with Crippen LogP contribution in [0, 0.1) is 0 Å². The van der Waals surface area contributed by atoms with Crippen LogP contribution in [0.2, 0.25) is 5.28 Å². The molecule has 0 bridgehead atoms. The van der Waals surface area contributed by atoms with E-state index in [1.165, 1.54) is 24.3 Å². The molecule has 0 amide bonds. The molecule has 18 nitrogen and oxygen atoms in total. The van der Waals surface area contributed by atoms with Crippen LogP contribution in [0.4, 0.5) is 40.3 Å². The van der Waals surface area contributed by atoms with Gasteiger partial charge in [0.15, 0.2) is 27.9 Å². The van der Waals surface area contributed by atoms with Gasteiger partial charge >= 0.3 is 59.1 Å². The summed E-state index contributed by atoms with van der Waals surface area (Å²) >= 11 is 6.92. The van der Waals surface area contributed by atoms with E-state index in [4.69, 9.17) is 15.8 Å². The van der Waals surface area contributed by atoms with Gasteiger partial charge in [-0.05, 0) is 77.7 Å². The van der Waals surface area contributed by atoms with E-state index in [-0.39, 0.29) is 122 Å². The van der Waals surface area contributed by atoms with E-state index in [0.29, 0.717) is 33.0 Å². The van der Waals surface area contributed by atoms with E-state index in [0.717, 1.165) is 11.4 Å². The van der Waals surface area contributed by atoms with Crippen LogP contribution in [-0.2, 0) is 32.8 Å². The Hall–Kier alpha value is -2.23. The predicted octanol–water partition coefficient (Wildman–Crippen LogP) is -0.701. The standard InChI is InChI=1S/C30H29ClN8O10S3.2Na/c1-39(2,3)22-6-4-5-20(17-22)32-29-34-28(31)35-30(36-29)33-21-9-12-24-18(15-21)16-25(50-48-46-41)26(27(24)40)38-37-19-7-10-23(11-8-19)52(43,44)14-13-45-51-49-47-42;;/h4-12,15-17H,13-14H2,1-3H3,(H4-,32,33,34,35,36,40,41,42);;/q;2*+1/p-1. The zero-order chi connectivity index (χ0) is 37.3. The van der Waals surface area contributed by atoms with Gasteiger partial charge in [0, 0.05) is 22.8 Å². The summed E-state index contributed by atoms with van der Waals surface area (Å²) in [5, 5.41) is 53.5. The molecule has 1 aromatic heterocycles. The van der Waals surface area contributed by atoms with E-state index in [9.17, 15) is 24.0 Å². The number of nitrogens with one attached hydrogen (secondary N) is 2. The Morgan fingerprint density at radius 1 is 0.870 bits per heavy atom. The van der Waals surface area contributed by atoms with E-state index in [2.05, 4.69) is 75.7 Å². The Kier molecular flexibility index (Phi) is 18.2. The topological polar surface area (TPSA) is 234 Å². The van der Waals surface area contributed by atoms with Crippen LogP contribution >= 0.6 is 36.0 Å². The number of sulfone groups is 1. The second-order valence-electron chi connectivity index (χ2n) is 11.3. The molecular formula is C30H28ClN8Na2O10S3+. The number of nitrogens with zero attached hydrogens (tertiary/aromatic N) is 6. The van der Waals surface area contributed by atoms with Crippen LogP contribution in [0.5, 0.6) is 5.75 Å². The van der Waals surface area contributed by atoms with E-state index in [1.807, 2.05) is 24.3 Å². The second-order valence-corrected chi connectivity index (χ2v) is 15.0. The van der Waals surface area contributed by atoms with Crippen LogP contribution < -0.4 is 84.7 Å². The van der Waals surface area contributed by atoms with Gasteiger partial charge in [0.1, 0.15) is 11.4 Å². The SMILES string of the molecule is C[N+](C)(C)c1cccc(Nc2nc(Cl)nc(Nc3ccc4c(O)c(N=Nc5ccc(S(=O)(=O)CCOSOO[O-])cc5)c(SOO[O-])cc4c3)n2)c1.[Na+].[Na+]. The fraction of sp³-hybridized carbons (Fsp3) is 0.167. The third kappa shape index (κ3) is 12.9. The number of azo groups is 1. The fourth-order valence-corrected chi connectivity index (χ4v) is 6.58. The summed E-state index contributed by atoms with van der Waals surface area (Å²) in [6.45, 7) is -0.274. The minimum Gasteiger partial charge on any atom is -0.691 e. The molecule has 54 heavy (non-hydrogen) atoms. The van der Waals surface area contributed by atoms with E-state index >= 15 is 0 Å². The number of benzene rings is 4. The van der Waals surface area contributed by atoms with Gasteiger partial charge < -0.3 is 26.3 Å². The molecule has 0 atom stereocenters. The molecule has 0 unspecified atom stereocenters. The molecule has 0 fully saturated rings. The Bertz CT molecular complexity index is 2170. The minimum absolute atomic E-state index is 0. The van der Waals surface area contributed by atoms with Gasteiger partial charge in [0.25, 0.3) is 0 Å². The van der Waals surface area contributed by atoms with Crippen molar-refractivity contribution in [1.29, 1.82) is 0 Å². The molecule has 24 heteroatoms. The molecule has 0 aliphatic heterocycles. The number of halogens is 1. The fourth-order valence-electron chi connectivity index (χ4n) is 4.52. The van der Waals surface area contributed by atoms with Crippen LogP contribution in [-0.4, -0.2) is 62.0 Å². The number of hydrogen-bond donors (Lipinski definition) is 3. The van der Waals surface area contributed by atoms with Crippen molar-refractivity contribution < 1.29 is 106 Å². The van der Waals surface area contributed by atoms with Crippen molar-refractivity contribution in [3.63, 3.8) is 0 Å². The van der Waals surface area contributed by atoms with Gasteiger partial charge in [0.05, 0.1) is 61.0 Å². The predicted molar refractivity (Wildman–Crippen MR) is 189 cm³/mol. The molecule has 5 aromatic rings. The minimum atomic E-state index is -3.74. The molecule has 5 rings (SSSR count). The van der Waals surface area contributed by atoms with Crippen molar-refractivity contribution in [1.82, 2.24) is 19.4 Å². The average Bonchev–Trinajstić information content (AvgIpc) is 3.10. The van der Waals surface area contributed by atoms with Gasteiger partial charge in [-0.2, -0.15) is 24.4 Å². The van der Waals surface area contributed by atoms with Crippen LogP contribution in [0.3, 0.4) is 0 Å². The van der Waals surface area contributed by atoms with Gasteiger partial charge in [0.2, 0.25) is 17.2 Å². The van der Waals surface area contributed by atoms with E-state index in [1.54, 1.807) is 24.3 Å². The summed E-state index contributed by atoms with van der Waals surface area (Å²) in [6.07, 6.45) is 0. The third-order valence-corrected chi connectivity index (χ3v) is 9.80. The summed E-state index contributed by atoms with van der Waals surface area (Å²) in [5.41, 5.74) is 2.52. The number of rotatable bonds is 17. The number of anilines is 4. The molecule has 0 aliphatic rings. The monoisotopic (exact) mass is 837 g/mol. The Balaban J connectivity index is 0.00000392. The average molecular weight is 838 g/mol. The molecule has 0 saturated carbocycles. The number of aromatic nitrogens is 3. The molecule has 0 saturated heterocycles. The summed E-state index contributed by atoms with van der Waals surface area (Å²) < 4.78 is 38.9. The summed E-state index contributed by atoms with van der Waals surface area (Å²) in [7, 11) is 2.41. The zero-order valence-electron chi connectivity index (χ0n) is 29.2. The maximum absolute atomic E-state index is 12.5. The smallest absolute Gasteiger partial charge is 0.691 e. The van der Waals surface area contributed by atoms with Crippen molar-refractivity contribution in [3.8, 4) is 5.75 Å². The van der Waals surface area contributed by atoms with Crippen LogP contribution in [0.15, 0.2) is 92.8 Å². The molecule has 3 N–H and O–H groups in total. The van der Waals surface area contributed by atoms with Crippen LogP contribution in [0.25, 0.3) is 10.8 Å². The number of phenols is 1. The number of quaternary nitrogens is 1. The Morgan fingerprint density at radius 3 is 2.19 bits per heavy atom. The first-order chi connectivity index (χ1) is 24.9. The molecule has 1 heterocycles. The summed E-state index contributed by atoms with van der Waals surface area (Å²) in [6, 6.07) is 19.8. The first-order valence-corrected chi connectivity index (χ1v) is 18.1. The van der Waals surface area contributed by atoms with Crippen molar-refractivity contribution in [2.45, 2.75) is 9.79 Å². The quantitative estimate of drug-likeness (QED) is 0.0200. The molecule has 0 aliphatic carbocycles. The van der Waals surface area contributed by atoms with Crippen molar-refractivity contribution in [3.05, 3.63) is 78.1 Å². The largest absolute Gasteiger partial charge is 1.00 e. The molecule has 4 aromatic carbocycles. The molecule has 274 valence electrons. The normalized spacial score (nSPS) is 11.7. The summed E-state index contributed by atoms with van der Waals surface area (Å²) in [4.78, 5) is 12.9. The number of phenolic OH excluding ortho intramolecular Hbond substituents is 1. The number of fused-ring (bicyclic) bond motifs is 1. The Morgan fingerprint density at radius 2 is 1.54 bits per heavy atom. The maximum atomic E-state index is 12.5. The third-order valence-electron chi connectivity index (χ3n) is 6.94. The van der Waals surface area contributed by atoms with Gasteiger partial charge in [-0.25, -0.2) is 8.42 Å². The van der Waals surface area contributed by atoms with E-state index < -0.39 is 15.6 Å². The molecule has 0 spiro atoms. The van der Waals surface area contributed by atoms with Crippen molar-refractivity contribution in [2.24, 2.45) is 10.2 Å². The maximum Gasteiger partial charge on any atom is 1.00 e.